The number of rotatable bonds is 5. The van der Waals surface area contributed by atoms with Gasteiger partial charge in [0.2, 0.25) is 5.91 Å². The summed E-state index contributed by atoms with van der Waals surface area (Å²) >= 11 is 0. The minimum atomic E-state index is 0.196. The Bertz CT molecular complexity index is 908. The summed E-state index contributed by atoms with van der Waals surface area (Å²) in [7, 11) is 3.29. The summed E-state index contributed by atoms with van der Waals surface area (Å²) in [6.07, 6.45) is 4.09. The van der Waals surface area contributed by atoms with Crippen molar-refractivity contribution in [3.05, 3.63) is 65.2 Å². The molecule has 5 heteroatoms. The number of nitrogens with zero attached hydrogens (tertiary/aromatic N) is 2. The number of hydrogen-bond acceptors (Lipinski definition) is 4. The summed E-state index contributed by atoms with van der Waals surface area (Å²) in [5.41, 5.74) is 5.05. The van der Waals surface area contributed by atoms with Gasteiger partial charge in [-0.25, -0.2) is 0 Å². The van der Waals surface area contributed by atoms with Gasteiger partial charge in [0.1, 0.15) is 0 Å². The fourth-order valence-corrected chi connectivity index (χ4v) is 4.16. The lowest BCUT2D eigenvalue weighted by Gasteiger charge is -2.32. The van der Waals surface area contributed by atoms with E-state index < -0.39 is 0 Å². The van der Waals surface area contributed by atoms with Crippen molar-refractivity contribution < 1.29 is 14.3 Å². The highest BCUT2D eigenvalue weighted by Crippen LogP contribution is 2.33. The zero-order chi connectivity index (χ0) is 20.2. The second-order valence-corrected chi connectivity index (χ2v) is 7.62. The summed E-state index contributed by atoms with van der Waals surface area (Å²) in [4.78, 5) is 17.1. The molecule has 0 saturated carbocycles. The number of hydrogen-bond donors (Lipinski definition) is 0. The third-order valence-electron chi connectivity index (χ3n) is 5.87. The second-order valence-electron chi connectivity index (χ2n) is 7.62. The number of fused-ring (bicyclic) bond motifs is 1. The average molecular weight is 392 g/mol. The Labute approximate surface area is 172 Å². The lowest BCUT2D eigenvalue weighted by Crippen LogP contribution is -2.43. The lowest BCUT2D eigenvalue weighted by molar-refractivity contribution is -0.133. The van der Waals surface area contributed by atoms with Crippen molar-refractivity contribution in [3.8, 4) is 11.5 Å². The van der Waals surface area contributed by atoms with Gasteiger partial charge in [-0.05, 0) is 47.2 Å². The number of ether oxygens (including phenoxy) is 2. The van der Waals surface area contributed by atoms with Crippen LogP contribution in [0.15, 0.2) is 48.5 Å². The van der Waals surface area contributed by atoms with E-state index in [9.17, 15) is 4.79 Å². The predicted octanol–water partition coefficient (Wildman–Crippen LogP) is 3.38. The van der Waals surface area contributed by atoms with Gasteiger partial charge in [-0.15, -0.1) is 0 Å². The van der Waals surface area contributed by atoms with Crippen LogP contribution in [0, 0.1) is 0 Å². The molecule has 0 N–H and O–H groups in total. The molecule has 0 radical (unpaired) electrons. The summed E-state index contributed by atoms with van der Waals surface area (Å²) in [5, 5.41) is 0. The summed E-state index contributed by atoms with van der Waals surface area (Å²) in [5.74, 6) is 1.66. The lowest BCUT2D eigenvalue weighted by atomic mass is 9.98. The topological polar surface area (TPSA) is 42.0 Å². The van der Waals surface area contributed by atoms with Gasteiger partial charge in [-0.1, -0.05) is 36.4 Å². The van der Waals surface area contributed by atoms with Crippen LogP contribution in [0.3, 0.4) is 0 Å². The largest absolute Gasteiger partial charge is 0.493 e. The minimum Gasteiger partial charge on any atom is -0.493 e. The Morgan fingerprint density at radius 1 is 0.966 bits per heavy atom. The molecule has 0 spiro atoms. The van der Waals surface area contributed by atoms with Crippen LogP contribution in [0.1, 0.15) is 23.1 Å². The van der Waals surface area contributed by atoms with Crippen molar-refractivity contribution in [1.82, 2.24) is 9.80 Å². The molecule has 4 rings (SSSR count). The molecule has 2 aliphatic heterocycles. The van der Waals surface area contributed by atoms with Gasteiger partial charge in [0.25, 0.3) is 0 Å². The molecule has 0 aliphatic carbocycles. The van der Waals surface area contributed by atoms with Gasteiger partial charge >= 0.3 is 0 Å². The van der Waals surface area contributed by atoms with E-state index in [2.05, 4.69) is 35.2 Å². The molecular weight excluding hydrogens is 364 g/mol. The van der Waals surface area contributed by atoms with Gasteiger partial charge in [0, 0.05) is 26.2 Å². The molecule has 1 amide bonds. The van der Waals surface area contributed by atoms with Gasteiger partial charge in [0.05, 0.1) is 20.8 Å². The Balaban J connectivity index is 1.37. The third kappa shape index (κ3) is 4.30. The maximum absolute atomic E-state index is 12.9. The van der Waals surface area contributed by atoms with Crippen LogP contribution in [-0.4, -0.2) is 56.1 Å². The van der Waals surface area contributed by atoms with E-state index in [1.165, 1.54) is 16.7 Å². The Kier molecular flexibility index (Phi) is 5.86. The zero-order valence-electron chi connectivity index (χ0n) is 17.2. The van der Waals surface area contributed by atoms with E-state index >= 15 is 0 Å². The molecule has 5 nitrogen and oxygen atoms in total. The van der Waals surface area contributed by atoms with Crippen LogP contribution < -0.4 is 9.47 Å². The quantitative estimate of drug-likeness (QED) is 0.782. The smallest absolute Gasteiger partial charge is 0.237 e. The predicted molar refractivity (Wildman–Crippen MR) is 114 cm³/mol. The number of carbonyl (C=O) groups is 1. The highest BCUT2D eigenvalue weighted by atomic mass is 16.5. The van der Waals surface area contributed by atoms with E-state index in [0.717, 1.165) is 49.5 Å². The molecule has 0 fully saturated rings. The van der Waals surface area contributed by atoms with Crippen LogP contribution >= 0.6 is 0 Å². The molecule has 0 bridgehead atoms. The van der Waals surface area contributed by atoms with Crippen molar-refractivity contribution in [2.24, 2.45) is 0 Å². The van der Waals surface area contributed by atoms with Crippen molar-refractivity contribution in [3.63, 3.8) is 0 Å². The number of methoxy groups -OCH3 is 2. The second kappa shape index (κ2) is 8.70. The fraction of sp³-hybridized carbons (Fsp3) is 0.375. The van der Waals surface area contributed by atoms with Crippen LogP contribution in [0.5, 0.6) is 11.5 Å². The maximum atomic E-state index is 12.9. The SMILES string of the molecule is COc1cc2c(cc1OC)CN(C(=O)CN1CC=C(c3ccccc3)CC1)CC2. The zero-order valence-corrected chi connectivity index (χ0v) is 17.2. The van der Waals surface area contributed by atoms with Gasteiger partial charge < -0.3 is 14.4 Å². The normalized spacial score (nSPS) is 16.8. The highest BCUT2D eigenvalue weighted by Gasteiger charge is 2.24. The number of carbonyl (C=O) groups excluding carboxylic acids is 1. The van der Waals surface area contributed by atoms with E-state index in [1.54, 1.807) is 14.2 Å². The molecule has 2 aliphatic rings. The molecule has 2 heterocycles. The first-order valence-electron chi connectivity index (χ1n) is 10.2. The Morgan fingerprint density at radius 3 is 2.34 bits per heavy atom. The van der Waals surface area contributed by atoms with Crippen molar-refractivity contribution in [2.45, 2.75) is 19.4 Å². The molecule has 0 atom stereocenters. The number of amides is 1. The molecule has 0 aromatic heterocycles. The van der Waals surface area contributed by atoms with E-state index in [4.69, 9.17) is 9.47 Å². The number of benzene rings is 2. The first-order chi connectivity index (χ1) is 14.2. The molecule has 2 aromatic carbocycles. The van der Waals surface area contributed by atoms with Crippen molar-refractivity contribution in [1.29, 1.82) is 0 Å². The molecule has 152 valence electrons. The molecular formula is C24H28N2O3. The van der Waals surface area contributed by atoms with Gasteiger partial charge in [-0.2, -0.15) is 0 Å². The van der Waals surface area contributed by atoms with Gasteiger partial charge in [0.15, 0.2) is 11.5 Å². The molecule has 0 unspecified atom stereocenters. The van der Waals surface area contributed by atoms with Crippen LogP contribution in [0.2, 0.25) is 0 Å². The maximum Gasteiger partial charge on any atom is 0.237 e. The molecule has 2 aromatic rings. The fourth-order valence-electron chi connectivity index (χ4n) is 4.16. The van der Waals surface area contributed by atoms with E-state index in [1.807, 2.05) is 23.1 Å². The summed E-state index contributed by atoms with van der Waals surface area (Å²) in [6, 6.07) is 14.5. The standard InChI is InChI=1S/C24H28N2O3/c1-28-22-14-20-10-13-26(16-21(20)15-23(22)29-2)24(27)17-25-11-8-19(9-12-25)18-6-4-3-5-7-18/h3-8,14-15H,9-13,16-17H2,1-2H3. The highest BCUT2D eigenvalue weighted by molar-refractivity contribution is 5.79. The third-order valence-corrected chi connectivity index (χ3v) is 5.87. The first-order valence-corrected chi connectivity index (χ1v) is 10.2. The molecule has 0 saturated heterocycles. The van der Waals surface area contributed by atoms with E-state index in [0.29, 0.717) is 13.1 Å². The first kappa shape index (κ1) is 19.5. The molecule has 29 heavy (non-hydrogen) atoms. The van der Waals surface area contributed by atoms with Crippen molar-refractivity contribution >= 4 is 11.5 Å². The Morgan fingerprint density at radius 2 is 1.69 bits per heavy atom. The van der Waals surface area contributed by atoms with Crippen LogP contribution in [0.25, 0.3) is 5.57 Å². The van der Waals surface area contributed by atoms with Crippen LogP contribution in [0.4, 0.5) is 0 Å². The van der Waals surface area contributed by atoms with Gasteiger partial charge in [-0.3, -0.25) is 9.69 Å². The van der Waals surface area contributed by atoms with E-state index in [-0.39, 0.29) is 5.91 Å². The summed E-state index contributed by atoms with van der Waals surface area (Å²) < 4.78 is 10.8. The van der Waals surface area contributed by atoms with Crippen molar-refractivity contribution in [2.75, 3.05) is 40.4 Å². The summed E-state index contributed by atoms with van der Waals surface area (Å²) in [6.45, 7) is 3.60. The minimum absolute atomic E-state index is 0.196. The van der Waals surface area contributed by atoms with Crippen LogP contribution in [-0.2, 0) is 17.8 Å². The monoisotopic (exact) mass is 392 g/mol. The Hall–Kier alpha value is -2.79. The average Bonchev–Trinajstić information content (AvgIpc) is 2.78.